The summed E-state index contributed by atoms with van der Waals surface area (Å²) in [5, 5.41) is 3.43. The van der Waals surface area contributed by atoms with Gasteiger partial charge in [-0.2, -0.15) is 0 Å². The number of anilines is 1. The van der Waals surface area contributed by atoms with Crippen molar-refractivity contribution in [2.75, 3.05) is 5.32 Å². The zero-order valence-corrected chi connectivity index (χ0v) is 11.4. The molecule has 0 saturated heterocycles. The maximum absolute atomic E-state index is 13.2. The lowest BCUT2D eigenvalue weighted by Crippen LogP contribution is -2.25. The number of hydrogen-bond acceptors (Lipinski definition) is 2. The van der Waals surface area contributed by atoms with Crippen molar-refractivity contribution < 1.29 is 4.39 Å². The van der Waals surface area contributed by atoms with Crippen molar-refractivity contribution in [3.8, 4) is 0 Å². The van der Waals surface area contributed by atoms with E-state index in [0.29, 0.717) is 17.5 Å². The van der Waals surface area contributed by atoms with Crippen LogP contribution in [0.2, 0.25) is 0 Å². The molecule has 1 unspecified atom stereocenters. The van der Waals surface area contributed by atoms with Gasteiger partial charge in [0, 0.05) is 17.3 Å². The molecule has 1 aromatic rings. The van der Waals surface area contributed by atoms with Crippen molar-refractivity contribution in [3.63, 3.8) is 0 Å². The van der Waals surface area contributed by atoms with Crippen LogP contribution in [-0.2, 0) is 0 Å². The number of thiocarbonyl (C=S) groups is 1. The van der Waals surface area contributed by atoms with Gasteiger partial charge in [-0.05, 0) is 43.9 Å². The summed E-state index contributed by atoms with van der Waals surface area (Å²) >= 11 is 4.97. The molecule has 0 radical (unpaired) electrons. The lowest BCUT2D eigenvalue weighted by atomic mass is 9.99. The predicted octanol–water partition coefficient (Wildman–Crippen LogP) is 3.45. The maximum Gasteiger partial charge on any atom is 0.124 e. The molecule has 2 nitrogen and oxygen atoms in total. The highest BCUT2D eigenvalue weighted by atomic mass is 32.1. The van der Waals surface area contributed by atoms with Crippen molar-refractivity contribution in [2.24, 2.45) is 11.7 Å². The van der Waals surface area contributed by atoms with Gasteiger partial charge in [0.1, 0.15) is 10.8 Å². The van der Waals surface area contributed by atoms with Crippen LogP contribution in [0.3, 0.4) is 0 Å². The molecule has 1 atom stereocenters. The number of hydrogen-bond donors (Lipinski definition) is 2. The fourth-order valence-corrected chi connectivity index (χ4v) is 2.84. The lowest BCUT2D eigenvalue weighted by molar-refractivity contribution is 0.482. The van der Waals surface area contributed by atoms with E-state index in [0.717, 1.165) is 5.69 Å². The Morgan fingerprint density at radius 2 is 2.11 bits per heavy atom. The molecule has 4 heteroatoms. The minimum atomic E-state index is -0.308. The summed E-state index contributed by atoms with van der Waals surface area (Å²) in [7, 11) is 0. The summed E-state index contributed by atoms with van der Waals surface area (Å²) in [4.78, 5) is 0.232. The Morgan fingerprint density at radius 3 is 2.72 bits per heavy atom. The van der Waals surface area contributed by atoms with Gasteiger partial charge in [-0.3, -0.25) is 0 Å². The molecule has 2 rings (SSSR count). The first-order valence-electron chi connectivity index (χ1n) is 6.44. The van der Waals surface area contributed by atoms with Crippen molar-refractivity contribution in [2.45, 2.75) is 38.6 Å². The Balaban J connectivity index is 2.15. The molecule has 0 amide bonds. The minimum Gasteiger partial charge on any atom is -0.389 e. The Morgan fingerprint density at radius 1 is 1.44 bits per heavy atom. The number of nitrogens with one attached hydrogen (secondary N) is 1. The summed E-state index contributed by atoms with van der Waals surface area (Å²) in [5.74, 6) is 0.381. The van der Waals surface area contributed by atoms with Crippen molar-refractivity contribution >= 4 is 22.9 Å². The summed E-state index contributed by atoms with van der Waals surface area (Å²) in [6.07, 6.45) is 5.14. The van der Waals surface area contributed by atoms with Crippen LogP contribution in [0.1, 0.15) is 38.2 Å². The molecule has 18 heavy (non-hydrogen) atoms. The van der Waals surface area contributed by atoms with E-state index in [2.05, 4.69) is 12.2 Å². The standard InChI is InChI=1S/C14H19FN2S/c1-9(10-4-2-3-5-10)17-13-7-6-11(15)8-12(13)14(16)18/h6-10,17H,2-5H2,1H3,(H2,16,18). The molecule has 1 aliphatic rings. The predicted molar refractivity (Wildman–Crippen MR) is 77.3 cm³/mol. The number of benzene rings is 1. The zero-order chi connectivity index (χ0) is 13.1. The SMILES string of the molecule is CC(Nc1ccc(F)cc1C(N)=S)C1CCCC1. The second-order valence-corrected chi connectivity index (χ2v) is 5.47. The van der Waals surface area contributed by atoms with Gasteiger partial charge in [0.05, 0.1) is 0 Å². The highest BCUT2D eigenvalue weighted by Gasteiger charge is 2.22. The Kier molecular flexibility index (Phi) is 4.17. The number of halogens is 1. The molecule has 0 bridgehead atoms. The highest BCUT2D eigenvalue weighted by Crippen LogP contribution is 2.30. The van der Waals surface area contributed by atoms with Crippen LogP contribution in [-0.4, -0.2) is 11.0 Å². The fraction of sp³-hybridized carbons (Fsp3) is 0.500. The molecule has 1 saturated carbocycles. The summed E-state index contributed by atoms with van der Waals surface area (Å²) in [6, 6.07) is 4.92. The van der Waals surface area contributed by atoms with Crippen molar-refractivity contribution in [1.82, 2.24) is 0 Å². The van der Waals surface area contributed by atoms with Crippen LogP contribution in [0, 0.1) is 11.7 Å². The fourth-order valence-electron chi connectivity index (χ4n) is 2.67. The van der Waals surface area contributed by atoms with Crippen molar-refractivity contribution in [3.05, 3.63) is 29.6 Å². The Labute approximate surface area is 113 Å². The zero-order valence-electron chi connectivity index (χ0n) is 10.6. The summed E-state index contributed by atoms with van der Waals surface area (Å²) in [5.41, 5.74) is 7.07. The van der Waals surface area contributed by atoms with Crippen LogP contribution in [0.5, 0.6) is 0 Å². The number of rotatable bonds is 4. The van der Waals surface area contributed by atoms with E-state index in [1.54, 1.807) is 6.07 Å². The van der Waals surface area contributed by atoms with Crippen LogP contribution >= 0.6 is 12.2 Å². The second-order valence-electron chi connectivity index (χ2n) is 5.03. The molecular weight excluding hydrogens is 247 g/mol. The smallest absolute Gasteiger partial charge is 0.124 e. The molecule has 0 aromatic heterocycles. The van der Waals surface area contributed by atoms with Crippen LogP contribution < -0.4 is 11.1 Å². The molecule has 0 heterocycles. The van der Waals surface area contributed by atoms with Gasteiger partial charge in [0.15, 0.2) is 0 Å². The first kappa shape index (κ1) is 13.3. The van der Waals surface area contributed by atoms with Gasteiger partial charge in [0.2, 0.25) is 0 Å². The molecule has 1 aliphatic carbocycles. The average Bonchev–Trinajstić information content (AvgIpc) is 2.84. The van der Waals surface area contributed by atoms with E-state index in [1.165, 1.54) is 37.8 Å². The monoisotopic (exact) mass is 266 g/mol. The summed E-state index contributed by atoms with van der Waals surface area (Å²) in [6.45, 7) is 2.17. The third-order valence-corrected chi connectivity index (χ3v) is 3.96. The van der Waals surface area contributed by atoms with Crippen LogP contribution in [0.15, 0.2) is 18.2 Å². The molecule has 98 valence electrons. The third-order valence-electron chi connectivity index (χ3n) is 3.74. The normalized spacial score (nSPS) is 17.7. The molecule has 1 aromatic carbocycles. The van der Waals surface area contributed by atoms with E-state index in [4.69, 9.17) is 18.0 Å². The van der Waals surface area contributed by atoms with E-state index < -0.39 is 0 Å². The largest absolute Gasteiger partial charge is 0.389 e. The van der Waals surface area contributed by atoms with Gasteiger partial charge >= 0.3 is 0 Å². The Bertz CT molecular complexity index is 441. The van der Waals surface area contributed by atoms with Gasteiger partial charge in [-0.15, -0.1) is 0 Å². The molecule has 0 spiro atoms. The topological polar surface area (TPSA) is 38.0 Å². The third kappa shape index (κ3) is 2.99. The van der Waals surface area contributed by atoms with Gasteiger partial charge < -0.3 is 11.1 Å². The minimum absolute atomic E-state index is 0.232. The average molecular weight is 266 g/mol. The van der Waals surface area contributed by atoms with Gasteiger partial charge in [-0.1, -0.05) is 25.1 Å². The van der Waals surface area contributed by atoms with Gasteiger partial charge in [-0.25, -0.2) is 4.39 Å². The van der Waals surface area contributed by atoms with Crippen LogP contribution in [0.4, 0.5) is 10.1 Å². The summed E-state index contributed by atoms with van der Waals surface area (Å²) < 4.78 is 13.2. The van der Waals surface area contributed by atoms with Crippen molar-refractivity contribution in [1.29, 1.82) is 0 Å². The highest BCUT2D eigenvalue weighted by molar-refractivity contribution is 7.80. The lowest BCUT2D eigenvalue weighted by Gasteiger charge is -2.23. The first-order chi connectivity index (χ1) is 8.58. The van der Waals surface area contributed by atoms with Gasteiger partial charge in [0.25, 0.3) is 0 Å². The second kappa shape index (κ2) is 5.65. The van der Waals surface area contributed by atoms with Crippen LogP contribution in [0.25, 0.3) is 0 Å². The molecular formula is C14H19FN2S. The van der Waals surface area contributed by atoms with E-state index >= 15 is 0 Å². The number of nitrogens with two attached hydrogens (primary N) is 1. The molecule has 1 fully saturated rings. The molecule has 3 N–H and O–H groups in total. The van der Waals surface area contributed by atoms with E-state index in [1.807, 2.05) is 0 Å². The maximum atomic E-state index is 13.2. The first-order valence-corrected chi connectivity index (χ1v) is 6.84. The van der Waals surface area contributed by atoms with E-state index in [9.17, 15) is 4.39 Å². The Hall–Kier alpha value is -1.16. The quantitative estimate of drug-likeness (QED) is 0.820. The molecule has 0 aliphatic heterocycles. The van der Waals surface area contributed by atoms with E-state index in [-0.39, 0.29) is 10.8 Å².